The zero-order chi connectivity index (χ0) is 13.0. The number of nitrogens with zero attached hydrogens (tertiary/aromatic N) is 2. The summed E-state index contributed by atoms with van der Waals surface area (Å²) in [5.74, 6) is 1.70. The first-order valence-electron chi connectivity index (χ1n) is 7.07. The summed E-state index contributed by atoms with van der Waals surface area (Å²) in [5.41, 5.74) is 2.34. The van der Waals surface area contributed by atoms with Crippen molar-refractivity contribution in [2.75, 3.05) is 11.4 Å². The molecule has 100 valence electrons. The molecule has 2 rings (SSSR count). The van der Waals surface area contributed by atoms with Gasteiger partial charge in [0.1, 0.15) is 5.82 Å². The predicted molar refractivity (Wildman–Crippen MR) is 78.4 cm³/mol. The second-order valence-electron chi connectivity index (χ2n) is 5.20. The molecule has 0 saturated carbocycles. The molecule has 1 fully saturated rings. The molecule has 0 N–H and O–H groups in total. The van der Waals surface area contributed by atoms with Crippen LogP contribution in [0, 0.1) is 0 Å². The summed E-state index contributed by atoms with van der Waals surface area (Å²) in [5, 5.41) is 0. The first kappa shape index (κ1) is 13.7. The van der Waals surface area contributed by atoms with E-state index in [-0.39, 0.29) is 0 Å². The quantitative estimate of drug-likeness (QED) is 0.764. The van der Waals surface area contributed by atoms with Gasteiger partial charge in [-0.3, -0.25) is 0 Å². The number of rotatable bonds is 3. The lowest BCUT2D eigenvalue weighted by atomic mass is 10.1. The first-order chi connectivity index (χ1) is 8.74. The highest BCUT2D eigenvalue weighted by atomic mass is 35.5. The van der Waals surface area contributed by atoms with Crippen LogP contribution in [0.2, 0.25) is 0 Å². The lowest BCUT2D eigenvalue weighted by Crippen LogP contribution is -2.33. The number of hydrogen-bond acceptors (Lipinski definition) is 2. The van der Waals surface area contributed by atoms with Gasteiger partial charge in [-0.25, -0.2) is 4.98 Å². The van der Waals surface area contributed by atoms with Crippen LogP contribution in [0.25, 0.3) is 0 Å². The van der Waals surface area contributed by atoms with Crippen molar-refractivity contribution in [3.05, 3.63) is 23.4 Å². The Morgan fingerprint density at radius 3 is 2.89 bits per heavy atom. The summed E-state index contributed by atoms with van der Waals surface area (Å²) in [7, 11) is 0. The van der Waals surface area contributed by atoms with Gasteiger partial charge in [-0.05, 0) is 43.9 Å². The third-order valence-corrected chi connectivity index (χ3v) is 4.10. The normalized spacial score (nSPS) is 20.8. The molecule has 0 radical (unpaired) electrons. The Kier molecular flexibility index (Phi) is 4.87. The maximum absolute atomic E-state index is 5.99. The fraction of sp³-hybridized carbons (Fsp3) is 0.667. The van der Waals surface area contributed by atoms with Crippen molar-refractivity contribution in [1.82, 2.24) is 4.98 Å². The molecule has 0 aromatic carbocycles. The molecule has 1 aromatic rings. The predicted octanol–water partition coefficient (Wildman–Crippen LogP) is 4.15. The lowest BCUT2D eigenvalue weighted by molar-refractivity contribution is 0.610. The van der Waals surface area contributed by atoms with E-state index >= 15 is 0 Å². The Bertz CT molecular complexity index is 370. The number of aromatic nitrogens is 1. The Hall–Kier alpha value is -0.760. The number of alkyl halides is 1. The minimum atomic E-state index is 0.574. The first-order valence-corrected chi connectivity index (χ1v) is 7.60. The van der Waals surface area contributed by atoms with Crippen molar-refractivity contribution in [1.29, 1.82) is 0 Å². The van der Waals surface area contributed by atoms with Crippen molar-refractivity contribution in [3.8, 4) is 0 Å². The monoisotopic (exact) mass is 266 g/mol. The van der Waals surface area contributed by atoms with Crippen LogP contribution in [-0.2, 0) is 12.3 Å². The molecule has 0 amide bonds. The van der Waals surface area contributed by atoms with Gasteiger partial charge in [0.25, 0.3) is 0 Å². The molecule has 1 aliphatic heterocycles. The molecule has 0 spiro atoms. The smallest absolute Gasteiger partial charge is 0.129 e. The molecule has 18 heavy (non-hydrogen) atoms. The van der Waals surface area contributed by atoms with E-state index in [0.29, 0.717) is 11.9 Å². The summed E-state index contributed by atoms with van der Waals surface area (Å²) in [4.78, 5) is 7.24. The van der Waals surface area contributed by atoms with E-state index in [9.17, 15) is 0 Å². The van der Waals surface area contributed by atoms with Crippen molar-refractivity contribution < 1.29 is 0 Å². The number of aryl methyl sites for hydroxylation is 1. The van der Waals surface area contributed by atoms with Gasteiger partial charge in [0, 0.05) is 24.2 Å². The third kappa shape index (κ3) is 3.17. The average Bonchev–Trinajstić information content (AvgIpc) is 2.62. The van der Waals surface area contributed by atoms with E-state index in [1.807, 2.05) is 0 Å². The zero-order valence-electron chi connectivity index (χ0n) is 11.5. The molecular formula is C15H23ClN2. The molecule has 2 nitrogen and oxygen atoms in total. The van der Waals surface area contributed by atoms with E-state index in [1.165, 1.54) is 31.2 Å². The third-order valence-electron chi connectivity index (χ3n) is 3.79. The molecule has 0 aliphatic carbocycles. The molecule has 1 saturated heterocycles. The van der Waals surface area contributed by atoms with Gasteiger partial charge in [0.15, 0.2) is 0 Å². The molecule has 1 atom stereocenters. The number of anilines is 1. The maximum Gasteiger partial charge on any atom is 0.129 e. The summed E-state index contributed by atoms with van der Waals surface area (Å²) < 4.78 is 0. The molecule has 0 bridgehead atoms. The van der Waals surface area contributed by atoms with E-state index in [0.717, 1.165) is 24.5 Å². The minimum Gasteiger partial charge on any atom is -0.354 e. The second-order valence-corrected chi connectivity index (χ2v) is 5.47. The number of pyridine rings is 1. The van der Waals surface area contributed by atoms with Gasteiger partial charge in [0.2, 0.25) is 0 Å². The van der Waals surface area contributed by atoms with Crippen LogP contribution in [-0.4, -0.2) is 17.6 Å². The second kappa shape index (κ2) is 6.42. The van der Waals surface area contributed by atoms with Crippen molar-refractivity contribution in [2.24, 2.45) is 0 Å². The summed E-state index contributed by atoms with van der Waals surface area (Å²) >= 11 is 5.99. The standard InChI is InChI=1S/C15H23ClN2/c1-3-14-9-13(11-16)10-15(17-14)18-8-6-4-5-7-12(18)2/h9-10,12H,3-8,11H2,1-2H3. The topological polar surface area (TPSA) is 16.1 Å². The van der Waals surface area contributed by atoms with Gasteiger partial charge >= 0.3 is 0 Å². The van der Waals surface area contributed by atoms with Crippen LogP contribution in [0.4, 0.5) is 5.82 Å². The van der Waals surface area contributed by atoms with Crippen LogP contribution in [0.5, 0.6) is 0 Å². The molecule has 1 aromatic heterocycles. The summed E-state index contributed by atoms with van der Waals surface area (Å²) in [6, 6.07) is 4.88. The fourth-order valence-electron chi connectivity index (χ4n) is 2.65. The Labute approximate surface area is 115 Å². The van der Waals surface area contributed by atoms with Crippen LogP contribution >= 0.6 is 11.6 Å². The SMILES string of the molecule is CCc1cc(CCl)cc(N2CCCCCC2C)n1. The Morgan fingerprint density at radius 1 is 1.33 bits per heavy atom. The lowest BCUT2D eigenvalue weighted by Gasteiger charge is -2.29. The van der Waals surface area contributed by atoms with Crippen molar-refractivity contribution in [3.63, 3.8) is 0 Å². The van der Waals surface area contributed by atoms with E-state index in [2.05, 4.69) is 30.9 Å². The number of halogens is 1. The highest BCUT2D eigenvalue weighted by Gasteiger charge is 2.19. The van der Waals surface area contributed by atoms with Crippen LogP contribution < -0.4 is 4.90 Å². The number of hydrogen-bond donors (Lipinski definition) is 0. The molecule has 3 heteroatoms. The van der Waals surface area contributed by atoms with Crippen LogP contribution in [0.15, 0.2) is 12.1 Å². The Morgan fingerprint density at radius 2 is 2.17 bits per heavy atom. The molecule has 1 aliphatic rings. The average molecular weight is 267 g/mol. The van der Waals surface area contributed by atoms with Gasteiger partial charge in [-0.2, -0.15) is 0 Å². The highest BCUT2D eigenvalue weighted by Crippen LogP contribution is 2.24. The van der Waals surface area contributed by atoms with Crippen LogP contribution in [0.3, 0.4) is 0 Å². The van der Waals surface area contributed by atoms with Crippen molar-refractivity contribution >= 4 is 17.4 Å². The largest absolute Gasteiger partial charge is 0.354 e. The van der Waals surface area contributed by atoms with Crippen LogP contribution in [0.1, 0.15) is 50.8 Å². The molecule has 1 unspecified atom stereocenters. The molecule has 2 heterocycles. The highest BCUT2D eigenvalue weighted by molar-refractivity contribution is 6.17. The Balaban J connectivity index is 2.29. The van der Waals surface area contributed by atoms with Crippen molar-refractivity contribution in [2.45, 2.75) is 57.9 Å². The summed E-state index contributed by atoms with van der Waals surface area (Å²) in [6.45, 7) is 5.59. The minimum absolute atomic E-state index is 0.574. The van der Waals surface area contributed by atoms with E-state index in [1.54, 1.807) is 0 Å². The van der Waals surface area contributed by atoms with E-state index in [4.69, 9.17) is 16.6 Å². The molecular weight excluding hydrogens is 244 g/mol. The zero-order valence-corrected chi connectivity index (χ0v) is 12.2. The van der Waals surface area contributed by atoms with Gasteiger partial charge in [-0.15, -0.1) is 11.6 Å². The summed E-state index contributed by atoms with van der Waals surface area (Å²) in [6.07, 6.45) is 6.21. The maximum atomic E-state index is 5.99. The van der Waals surface area contributed by atoms with Gasteiger partial charge in [0.05, 0.1) is 0 Å². The van der Waals surface area contributed by atoms with Gasteiger partial charge < -0.3 is 4.90 Å². The van der Waals surface area contributed by atoms with Gasteiger partial charge in [-0.1, -0.05) is 19.8 Å². The van der Waals surface area contributed by atoms with E-state index < -0.39 is 0 Å². The fourth-order valence-corrected chi connectivity index (χ4v) is 2.81.